The van der Waals surface area contributed by atoms with Gasteiger partial charge in [-0.05, 0) is 38.5 Å². The Morgan fingerprint density at radius 3 is 2.50 bits per heavy atom. The van der Waals surface area contributed by atoms with Gasteiger partial charge in [-0.1, -0.05) is 0 Å². The van der Waals surface area contributed by atoms with Gasteiger partial charge >= 0.3 is 5.97 Å². The summed E-state index contributed by atoms with van der Waals surface area (Å²) in [6.45, 7) is 1.42. The number of carbonyl (C=O) groups is 1. The molecule has 22 heavy (non-hydrogen) atoms. The van der Waals surface area contributed by atoms with Crippen molar-refractivity contribution in [2.24, 2.45) is 0 Å². The molecule has 1 aromatic carbocycles. The number of methoxy groups -OCH3 is 1. The fraction of sp³-hybridized carbons (Fsp3) is 0.588. The Hall–Kier alpha value is -1.91. The van der Waals surface area contributed by atoms with Crippen molar-refractivity contribution in [1.29, 1.82) is 0 Å². The van der Waals surface area contributed by atoms with E-state index in [0.29, 0.717) is 26.1 Å². The average Bonchev–Trinajstić information content (AvgIpc) is 2.54. The fourth-order valence-electron chi connectivity index (χ4n) is 3.39. The SMILES string of the molecule is COc1c2c(c(CCCC(=O)O)c3c1OCCC3)OCCC2. The Bertz CT molecular complexity index is 542. The van der Waals surface area contributed by atoms with E-state index in [4.69, 9.17) is 19.3 Å². The molecule has 0 saturated heterocycles. The number of aliphatic carboxylic acids is 1. The number of carboxylic acid groups (broad SMARTS) is 1. The van der Waals surface area contributed by atoms with Gasteiger partial charge in [-0.3, -0.25) is 4.79 Å². The second-order valence-corrected chi connectivity index (χ2v) is 5.78. The summed E-state index contributed by atoms with van der Waals surface area (Å²) in [7, 11) is 1.67. The topological polar surface area (TPSA) is 65.0 Å². The van der Waals surface area contributed by atoms with Crippen molar-refractivity contribution in [2.75, 3.05) is 20.3 Å². The molecule has 0 bridgehead atoms. The molecule has 0 aliphatic carbocycles. The summed E-state index contributed by atoms with van der Waals surface area (Å²) >= 11 is 0. The van der Waals surface area contributed by atoms with Gasteiger partial charge in [0.05, 0.1) is 20.3 Å². The molecule has 120 valence electrons. The highest BCUT2D eigenvalue weighted by Crippen LogP contribution is 2.48. The van der Waals surface area contributed by atoms with Crippen LogP contribution in [0.5, 0.6) is 17.2 Å². The van der Waals surface area contributed by atoms with Gasteiger partial charge in [0.25, 0.3) is 0 Å². The van der Waals surface area contributed by atoms with Crippen LogP contribution in [0.1, 0.15) is 42.4 Å². The molecule has 0 spiro atoms. The first-order chi connectivity index (χ1) is 10.7. The summed E-state index contributed by atoms with van der Waals surface area (Å²) in [5.74, 6) is 1.82. The molecule has 2 aliphatic rings. The van der Waals surface area contributed by atoms with Crippen molar-refractivity contribution in [3.05, 3.63) is 16.7 Å². The molecule has 3 rings (SSSR count). The van der Waals surface area contributed by atoms with Crippen molar-refractivity contribution < 1.29 is 24.1 Å². The minimum absolute atomic E-state index is 0.177. The van der Waals surface area contributed by atoms with Crippen LogP contribution in [0.25, 0.3) is 0 Å². The van der Waals surface area contributed by atoms with Gasteiger partial charge in [0.1, 0.15) is 5.75 Å². The van der Waals surface area contributed by atoms with Crippen LogP contribution in [0.4, 0.5) is 0 Å². The third-order valence-corrected chi connectivity index (χ3v) is 4.32. The van der Waals surface area contributed by atoms with Gasteiger partial charge in [0.2, 0.25) is 0 Å². The molecule has 2 aliphatic heterocycles. The van der Waals surface area contributed by atoms with Gasteiger partial charge in [-0.15, -0.1) is 0 Å². The van der Waals surface area contributed by atoms with E-state index >= 15 is 0 Å². The third-order valence-electron chi connectivity index (χ3n) is 4.32. The van der Waals surface area contributed by atoms with E-state index < -0.39 is 5.97 Å². The Morgan fingerprint density at radius 1 is 1.14 bits per heavy atom. The Morgan fingerprint density at radius 2 is 1.82 bits per heavy atom. The monoisotopic (exact) mass is 306 g/mol. The van der Waals surface area contributed by atoms with Crippen LogP contribution >= 0.6 is 0 Å². The van der Waals surface area contributed by atoms with E-state index in [0.717, 1.165) is 59.6 Å². The highest BCUT2D eigenvalue weighted by atomic mass is 16.5. The van der Waals surface area contributed by atoms with E-state index in [-0.39, 0.29) is 6.42 Å². The number of rotatable bonds is 5. The summed E-state index contributed by atoms with van der Waals surface area (Å²) in [5, 5.41) is 8.87. The zero-order valence-corrected chi connectivity index (χ0v) is 12.9. The number of hydrogen-bond donors (Lipinski definition) is 1. The zero-order valence-electron chi connectivity index (χ0n) is 12.9. The predicted molar refractivity (Wildman–Crippen MR) is 81.2 cm³/mol. The number of carboxylic acids is 1. The first-order valence-electron chi connectivity index (χ1n) is 7.94. The molecule has 0 amide bonds. The maximum Gasteiger partial charge on any atom is 0.303 e. The smallest absolute Gasteiger partial charge is 0.303 e. The Kier molecular flexibility index (Phi) is 4.41. The normalized spacial score (nSPS) is 16.0. The molecule has 0 unspecified atom stereocenters. The Labute approximate surface area is 130 Å². The van der Waals surface area contributed by atoms with E-state index in [2.05, 4.69) is 0 Å². The maximum atomic E-state index is 10.8. The van der Waals surface area contributed by atoms with Crippen molar-refractivity contribution >= 4 is 5.97 Å². The quantitative estimate of drug-likeness (QED) is 0.906. The number of hydrogen-bond acceptors (Lipinski definition) is 4. The molecule has 0 atom stereocenters. The van der Waals surface area contributed by atoms with E-state index in [9.17, 15) is 4.79 Å². The van der Waals surface area contributed by atoms with Crippen molar-refractivity contribution in [3.63, 3.8) is 0 Å². The summed E-state index contributed by atoms with van der Waals surface area (Å²) in [6.07, 6.45) is 5.30. The standard InChI is InChI=1S/C17H22O5/c1-20-16-13-7-4-9-21-15(13)11(5-2-8-14(18)19)12-6-3-10-22-17(12)16/h2-10H2,1H3,(H,18,19). The van der Waals surface area contributed by atoms with Crippen LogP contribution in [-0.2, 0) is 24.1 Å². The molecule has 0 radical (unpaired) electrons. The average molecular weight is 306 g/mol. The van der Waals surface area contributed by atoms with Crippen LogP contribution in [-0.4, -0.2) is 31.4 Å². The molecule has 2 heterocycles. The molecule has 5 nitrogen and oxygen atoms in total. The minimum atomic E-state index is -0.756. The van der Waals surface area contributed by atoms with E-state index in [1.807, 2.05) is 0 Å². The minimum Gasteiger partial charge on any atom is -0.493 e. The van der Waals surface area contributed by atoms with Gasteiger partial charge in [-0.2, -0.15) is 0 Å². The second-order valence-electron chi connectivity index (χ2n) is 5.78. The van der Waals surface area contributed by atoms with Gasteiger partial charge < -0.3 is 19.3 Å². The molecular formula is C17H22O5. The van der Waals surface area contributed by atoms with E-state index in [1.165, 1.54) is 0 Å². The Balaban J connectivity index is 2.04. The van der Waals surface area contributed by atoms with Gasteiger partial charge in [-0.25, -0.2) is 0 Å². The highest BCUT2D eigenvalue weighted by Gasteiger charge is 2.29. The summed E-state index contributed by atoms with van der Waals surface area (Å²) in [6, 6.07) is 0. The van der Waals surface area contributed by atoms with Crippen LogP contribution in [0, 0.1) is 0 Å². The largest absolute Gasteiger partial charge is 0.493 e. The maximum absolute atomic E-state index is 10.8. The lowest BCUT2D eigenvalue weighted by Gasteiger charge is -2.30. The van der Waals surface area contributed by atoms with Crippen LogP contribution < -0.4 is 14.2 Å². The van der Waals surface area contributed by atoms with Gasteiger partial charge in [0, 0.05) is 23.1 Å². The first-order valence-corrected chi connectivity index (χ1v) is 7.94. The summed E-state index contributed by atoms with van der Waals surface area (Å²) in [5.41, 5.74) is 3.36. The molecule has 0 fully saturated rings. The zero-order chi connectivity index (χ0) is 15.5. The van der Waals surface area contributed by atoms with Crippen molar-refractivity contribution in [1.82, 2.24) is 0 Å². The lowest BCUT2D eigenvalue weighted by molar-refractivity contribution is -0.137. The van der Waals surface area contributed by atoms with Crippen LogP contribution in [0.3, 0.4) is 0 Å². The van der Waals surface area contributed by atoms with Gasteiger partial charge in [0.15, 0.2) is 11.5 Å². The van der Waals surface area contributed by atoms with E-state index in [1.54, 1.807) is 7.11 Å². The lowest BCUT2D eigenvalue weighted by atomic mass is 9.89. The molecular weight excluding hydrogens is 284 g/mol. The fourth-order valence-corrected chi connectivity index (χ4v) is 3.39. The number of benzene rings is 1. The van der Waals surface area contributed by atoms with Crippen molar-refractivity contribution in [3.8, 4) is 17.2 Å². The first kappa shape index (κ1) is 15.0. The number of fused-ring (bicyclic) bond motifs is 2. The molecule has 1 aromatic rings. The summed E-state index contributed by atoms with van der Waals surface area (Å²) < 4.78 is 17.4. The number of ether oxygens (including phenoxy) is 3. The third kappa shape index (κ3) is 2.72. The predicted octanol–water partition coefficient (Wildman–Crippen LogP) is 2.75. The molecule has 0 saturated carbocycles. The second kappa shape index (κ2) is 6.46. The molecule has 0 aromatic heterocycles. The van der Waals surface area contributed by atoms with Crippen LogP contribution in [0.15, 0.2) is 0 Å². The molecule has 1 N–H and O–H groups in total. The lowest BCUT2D eigenvalue weighted by Crippen LogP contribution is -2.18. The summed E-state index contributed by atoms with van der Waals surface area (Å²) in [4.78, 5) is 10.8. The highest BCUT2D eigenvalue weighted by molar-refractivity contribution is 5.67. The molecule has 5 heteroatoms. The van der Waals surface area contributed by atoms with Crippen LogP contribution in [0.2, 0.25) is 0 Å². The van der Waals surface area contributed by atoms with Crippen molar-refractivity contribution in [2.45, 2.75) is 44.9 Å².